The average molecular weight is 169 g/mol. The van der Waals surface area contributed by atoms with E-state index in [0.29, 0.717) is 19.7 Å². The molecule has 0 spiro atoms. The number of aromatic amines is 1. The van der Waals surface area contributed by atoms with E-state index in [9.17, 15) is 0 Å². The fourth-order valence-corrected chi connectivity index (χ4v) is 1.19. The SMILES string of the molecule is O[C@@H]1CON(Cc2ncc[nH]2)C1. The second-order valence-electron chi connectivity index (χ2n) is 2.81. The number of aliphatic hydroxyl groups excluding tert-OH is 1. The summed E-state index contributed by atoms with van der Waals surface area (Å²) in [5, 5.41) is 10.8. The Morgan fingerprint density at radius 1 is 1.83 bits per heavy atom. The zero-order valence-electron chi connectivity index (χ0n) is 6.60. The Labute approximate surface area is 69.9 Å². The number of rotatable bonds is 2. The van der Waals surface area contributed by atoms with Crippen molar-refractivity contribution in [1.82, 2.24) is 15.0 Å². The van der Waals surface area contributed by atoms with Crippen LogP contribution < -0.4 is 0 Å². The molecule has 2 N–H and O–H groups in total. The van der Waals surface area contributed by atoms with Crippen molar-refractivity contribution in [3.8, 4) is 0 Å². The Kier molecular flexibility index (Phi) is 2.07. The second-order valence-corrected chi connectivity index (χ2v) is 2.81. The van der Waals surface area contributed by atoms with Crippen molar-refractivity contribution < 1.29 is 9.94 Å². The largest absolute Gasteiger partial charge is 0.389 e. The van der Waals surface area contributed by atoms with Crippen molar-refractivity contribution in [2.45, 2.75) is 12.6 Å². The molecule has 1 aliphatic rings. The van der Waals surface area contributed by atoms with Gasteiger partial charge < -0.3 is 10.1 Å². The van der Waals surface area contributed by atoms with Crippen molar-refractivity contribution >= 4 is 0 Å². The van der Waals surface area contributed by atoms with Gasteiger partial charge in [0.15, 0.2) is 0 Å². The predicted octanol–water partition coefficient (Wildman–Crippen LogP) is -0.482. The van der Waals surface area contributed by atoms with E-state index in [4.69, 9.17) is 9.94 Å². The van der Waals surface area contributed by atoms with E-state index in [1.807, 2.05) is 0 Å². The normalized spacial score (nSPS) is 24.9. The van der Waals surface area contributed by atoms with E-state index in [0.717, 1.165) is 5.82 Å². The van der Waals surface area contributed by atoms with Crippen LogP contribution in [0.15, 0.2) is 12.4 Å². The number of H-pyrrole nitrogens is 1. The molecular formula is C7H11N3O2. The third-order valence-electron chi connectivity index (χ3n) is 1.74. The molecule has 0 unspecified atom stereocenters. The molecule has 1 saturated heterocycles. The van der Waals surface area contributed by atoms with Crippen molar-refractivity contribution in [2.24, 2.45) is 0 Å². The summed E-state index contributed by atoms with van der Waals surface area (Å²) >= 11 is 0. The zero-order chi connectivity index (χ0) is 8.39. The monoisotopic (exact) mass is 169 g/mol. The van der Waals surface area contributed by atoms with Gasteiger partial charge in [0.25, 0.3) is 0 Å². The lowest BCUT2D eigenvalue weighted by molar-refractivity contribution is -0.119. The Hall–Kier alpha value is -0.910. The second kappa shape index (κ2) is 3.22. The van der Waals surface area contributed by atoms with E-state index >= 15 is 0 Å². The van der Waals surface area contributed by atoms with E-state index < -0.39 is 0 Å². The summed E-state index contributed by atoms with van der Waals surface area (Å²) < 4.78 is 0. The van der Waals surface area contributed by atoms with Gasteiger partial charge in [-0.15, -0.1) is 0 Å². The van der Waals surface area contributed by atoms with Gasteiger partial charge in [0.2, 0.25) is 0 Å². The third kappa shape index (κ3) is 1.63. The van der Waals surface area contributed by atoms with E-state index in [-0.39, 0.29) is 6.10 Å². The average Bonchev–Trinajstić information content (AvgIpc) is 2.63. The molecule has 12 heavy (non-hydrogen) atoms. The summed E-state index contributed by atoms with van der Waals surface area (Å²) in [5.74, 6) is 0.851. The lowest BCUT2D eigenvalue weighted by Crippen LogP contribution is -2.21. The van der Waals surface area contributed by atoms with Crippen molar-refractivity contribution in [2.75, 3.05) is 13.2 Å². The van der Waals surface area contributed by atoms with Crippen molar-refractivity contribution in [3.63, 3.8) is 0 Å². The predicted molar refractivity (Wildman–Crippen MR) is 41.0 cm³/mol. The zero-order valence-corrected chi connectivity index (χ0v) is 6.60. The van der Waals surface area contributed by atoms with Crippen LogP contribution in [0.4, 0.5) is 0 Å². The molecule has 0 aliphatic carbocycles. The number of nitrogens with zero attached hydrogens (tertiary/aromatic N) is 2. The van der Waals surface area contributed by atoms with E-state index in [1.54, 1.807) is 17.5 Å². The smallest absolute Gasteiger partial charge is 0.122 e. The Balaban J connectivity index is 1.88. The van der Waals surface area contributed by atoms with Gasteiger partial charge in [-0.3, -0.25) is 4.84 Å². The van der Waals surface area contributed by atoms with Crippen LogP contribution in [0.5, 0.6) is 0 Å². The van der Waals surface area contributed by atoms with Crippen LogP contribution in [-0.4, -0.2) is 39.4 Å². The number of aliphatic hydroxyl groups is 1. The lowest BCUT2D eigenvalue weighted by atomic mass is 10.4. The highest BCUT2D eigenvalue weighted by Crippen LogP contribution is 2.07. The molecule has 0 radical (unpaired) electrons. The van der Waals surface area contributed by atoms with Gasteiger partial charge in [-0.25, -0.2) is 4.98 Å². The summed E-state index contributed by atoms with van der Waals surface area (Å²) in [6, 6.07) is 0. The first-order valence-electron chi connectivity index (χ1n) is 3.89. The highest BCUT2D eigenvalue weighted by atomic mass is 16.7. The summed E-state index contributed by atoms with van der Waals surface area (Å²) in [4.78, 5) is 12.2. The van der Waals surface area contributed by atoms with Gasteiger partial charge >= 0.3 is 0 Å². The molecule has 66 valence electrons. The van der Waals surface area contributed by atoms with Gasteiger partial charge in [-0.2, -0.15) is 5.06 Å². The Morgan fingerprint density at radius 3 is 3.33 bits per heavy atom. The fraction of sp³-hybridized carbons (Fsp3) is 0.571. The van der Waals surface area contributed by atoms with Crippen LogP contribution in [0, 0.1) is 0 Å². The maximum Gasteiger partial charge on any atom is 0.122 e. The highest BCUT2D eigenvalue weighted by Gasteiger charge is 2.21. The summed E-state index contributed by atoms with van der Waals surface area (Å²) in [6.07, 6.45) is 3.10. The molecule has 0 aromatic carbocycles. The number of β-amino-alcohol motifs (C(OH)–C–C–N with tert-alkyl or cyclic N) is 1. The van der Waals surface area contributed by atoms with Crippen molar-refractivity contribution in [1.29, 1.82) is 0 Å². The number of hydrogen-bond donors (Lipinski definition) is 2. The highest BCUT2D eigenvalue weighted by molar-refractivity contribution is 4.86. The Morgan fingerprint density at radius 2 is 2.75 bits per heavy atom. The molecule has 1 aromatic rings. The standard InChI is InChI=1S/C7H11N3O2/c11-6-3-10(12-5-6)4-7-8-1-2-9-7/h1-2,6,11H,3-5H2,(H,8,9)/t6-/m0/s1. The number of hydrogen-bond acceptors (Lipinski definition) is 4. The van der Waals surface area contributed by atoms with E-state index in [2.05, 4.69) is 9.97 Å². The first kappa shape index (κ1) is 7.72. The maximum absolute atomic E-state index is 9.13. The quantitative estimate of drug-likeness (QED) is 0.627. The number of nitrogens with one attached hydrogen (secondary N) is 1. The molecule has 1 fully saturated rings. The topological polar surface area (TPSA) is 61.4 Å². The molecule has 0 bridgehead atoms. The summed E-state index contributed by atoms with van der Waals surface area (Å²) in [5.41, 5.74) is 0. The lowest BCUT2D eigenvalue weighted by Gasteiger charge is -2.10. The molecule has 1 atom stereocenters. The molecule has 5 nitrogen and oxygen atoms in total. The minimum absolute atomic E-state index is 0.361. The van der Waals surface area contributed by atoms with Crippen molar-refractivity contribution in [3.05, 3.63) is 18.2 Å². The third-order valence-corrected chi connectivity index (χ3v) is 1.74. The van der Waals surface area contributed by atoms with E-state index in [1.165, 1.54) is 0 Å². The molecule has 5 heteroatoms. The number of imidazole rings is 1. The minimum Gasteiger partial charge on any atom is -0.389 e. The summed E-state index contributed by atoms with van der Waals surface area (Å²) in [7, 11) is 0. The van der Waals surface area contributed by atoms with Gasteiger partial charge in [0, 0.05) is 12.4 Å². The van der Waals surface area contributed by atoms with Crippen LogP contribution in [-0.2, 0) is 11.4 Å². The van der Waals surface area contributed by atoms with Crippen LogP contribution in [0.1, 0.15) is 5.82 Å². The fourth-order valence-electron chi connectivity index (χ4n) is 1.19. The number of aromatic nitrogens is 2. The molecule has 0 amide bonds. The number of hydroxylamine groups is 2. The van der Waals surface area contributed by atoms with Crippen LogP contribution in [0.2, 0.25) is 0 Å². The first-order chi connectivity index (χ1) is 5.84. The van der Waals surface area contributed by atoms with Gasteiger partial charge in [0.05, 0.1) is 25.8 Å². The maximum atomic E-state index is 9.13. The van der Waals surface area contributed by atoms with Gasteiger partial charge in [-0.05, 0) is 0 Å². The first-order valence-corrected chi connectivity index (χ1v) is 3.89. The van der Waals surface area contributed by atoms with Gasteiger partial charge in [0.1, 0.15) is 5.82 Å². The molecule has 1 aliphatic heterocycles. The van der Waals surface area contributed by atoms with Crippen LogP contribution in [0.3, 0.4) is 0 Å². The van der Waals surface area contributed by atoms with Crippen LogP contribution in [0.25, 0.3) is 0 Å². The summed E-state index contributed by atoms with van der Waals surface area (Å²) in [6.45, 7) is 1.55. The molecule has 0 saturated carbocycles. The molecule has 2 rings (SSSR count). The Bertz CT molecular complexity index is 237. The van der Waals surface area contributed by atoms with Crippen LogP contribution >= 0.6 is 0 Å². The molecule has 1 aromatic heterocycles. The minimum atomic E-state index is -0.361. The van der Waals surface area contributed by atoms with Gasteiger partial charge in [-0.1, -0.05) is 0 Å². The molecular weight excluding hydrogens is 158 g/mol. The molecule has 2 heterocycles.